The molecule has 0 bridgehead atoms. The molecular formula is C17H21N3. The Morgan fingerprint density at radius 2 is 2.15 bits per heavy atom. The monoisotopic (exact) mass is 267 g/mol. The van der Waals surface area contributed by atoms with Crippen LogP contribution in [0.4, 0.5) is 0 Å². The SMILES string of the molecule is NNC(CC1=CCCCC1)c1cccc2ncccc12. The van der Waals surface area contributed by atoms with Crippen LogP contribution in [0.15, 0.2) is 48.2 Å². The number of nitrogens with zero attached hydrogens (tertiary/aromatic N) is 1. The van der Waals surface area contributed by atoms with E-state index in [2.05, 4.69) is 34.7 Å². The molecule has 0 radical (unpaired) electrons. The Morgan fingerprint density at radius 3 is 2.95 bits per heavy atom. The molecule has 3 heteroatoms. The second-order valence-electron chi connectivity index (χ2n) is 5.45. The quantitative estimate of drug-likeness (QED) is 0.505. The van der Waals surface area contributed by atoms with Gasteiger partial charge in [0.2, 0.25) is 0 Å². The zero-order valence-corrected chi connectivity index (χ0v) is 11.7. The van der Waals surface area contributed by atoms with Crippen LogP contribution in [0, 0.1) is 0 Å². The lowest BCUT2D eigenvalue weighted by Gasteiger charge is -2.21. The van der Waals surface area contributed by atoms with Gasteiger partial charge in [0.1, 0.15) is 0 Å². The Kier molecular flexibility index (Phi) is 4.09. The van der Waals surface area contributed by atoms with E-state index in [1.807, 2.05) is 18.3 Å². The molecule has 3 N–H and O–H groups in total. The summed E-state index contributed by atoms with van der Waals surface area (Å²) in [4.78, 5) is 4.42. The van der Waals surface area contributed by atoms with Crippen molar-refractivity contribution in [3.8, 4) is 0 Å². The van der Waals surface area contributed by atoms with Crippen molar-refractivity contribution in [3.05, 3.63) is 53.7 Å². The van der Waals surface area contributed by atoms with Crippen molar-refractivity contribution in [3.63, 3.8) is 0 Å². The number of pyridine rings is 1. The summed E-state index contributed by atoms with van der Waals surface area (Å²) in [5.41, 5.74) is 6.79. The highest BCUT2D eigenvalue weighted by Gasteiger charge is 2.16. The number of nitrogens with two attached hydrogens (primary N) is 1. The molecular weight excluding hydrogens is 246 g/mol. The van der Waals surface area contributed by atoms with Crippen molar-refractivity contribution >= 4 is 10.9 Å². The van der Waals surface area contributed by atoms with E-state index in [9.17, 15) is 0 Å². The first-order valence-electron chi connectivity index (χ1n) is 7.36. The van der Waals surface area contributed by atoms with Gasteiger partial charge in [-0.05, 0) is 49.8 Å². The number of hydrazine groups is 1. The summed E-state index contributed by atoms with van der Waals surface area (Å²) in [7, 11) is 0. The predicted molar refractivity (Wildman–Crippen MR) is 83.0 cm³/mol. The zero-order valence-electron chi connectivity index (χ0n) is 11.7. The highest BCUT2D eigenvalue weighted by atomic mass is 15.2. The summed E-state index contributed by atoms with van der Waals surface area (Å²) in [6.45, 7) is 0. The first kappa shape index (κ1) is 13.3. The summed E-state index contributed by atoms with van der Waals surface area (Å²) in [5.74, 6) is 5.82. The van der Waals surface area contributed by atoms with Gasteiger partial charge in [-0.3, -0.25) is 16.3 Å². The first-order valence-corrected chi connectivity index (χ1v) is 7.36. The normalized spacial score (nSPS) is 16.9. The standard InChI is InChI=1S/C17H21N3/c18-20-17(12-13-6-2-1-3-7-13)15-8-4-10-16-14(15)9-5-11-19-16/h4-6,8-11,17,20H,1-3,7,12,18H2. The van der Waals surface area contributed by atoms with Crippen LogP contribution >= 0.6 is 0 Å². The van der Waals surface area contributed by atoms with Crippen LogP contribution in [0.25, 0.3) is 10.9 Å². The van der Waals surface area contributed by atoms with Crippen molar-refractivity contribution in [1.29, 1.82) is 0 Å². The van der Waals surface area contributed by atoms with Crippen LogP contribution in [0.3, 0.4) is 0 Å². The molecule has 1 aliphatic carbocycles. The third kappa shape index (κ3) is 2.74. The van der Waals surface area contributed by atoms with Crippen molar-refractivity contribution in [2.75, 3.05) is 0 Å². The third-order valence-electron chi connectivity index (χ3n) is 4.11. The number of hydrogen-bond donors (Lipinski definition) is 2. The maximum Gasteiger partial charge on any atom is 0.0705 e. The van der Waals surface area contributed by atoms with Gasteiger partial charge in [0.25, 0.3) is 0 Å². The topological polar surface area (TPSA) is 50.9 Å². The van der Waals surface area contributed by atoms with Gasteiger partial charge in [-0.15, -0.1) is 0 Å². The predicted octanol–water partition coefficient (Wildman–Crippen LogP) is 3.63. The lowest BCUT2D eigenvalue weighted by atomic mass is 9.90. The number of allylic oxidation sites excluding steroid dienone is 1. The Morgan fingerprint density at radius 1 is 1.20 bits per heavy atom. The van der Waals surface area contributed by atoms with E-state index in [1.165, 1.54) is 42.2 Å². The second kappa shape index (κ2) is 6.16. The van der Waals surface area contributed by atoms with Gasteiger partial charge < -0.3 is 0 Å². The fourth-order valence-corrected chi connectivity index (χ4v) is 3.04. The number of benzene rings is 1. The summed E-state index contributed by atoms with van der Waals surface area (Å²) in [5, 5.41) is 1.19. The number of hydrogen-bond acceptors (Lipinski definition) is 3. The van der Waals surface area contributed by atoms with Gasteiger partial charge in [-0.1, -0.05) is 29.8 Å². The van der Waals surface area contributed by atoms with E-state index < -0.39 is 0 Å². The Hall–Kier alpha value is -1.71. The maximum atomic E-state index is 5.82. The van der Waals surface area contributed by atoms with Crippen molar-refractivity contribution in [1.82, 2.24) is 10.4 Å². The van der Waals surface area contributed by atoms with Gasteiger partial charge >= 0.3 is 0 Å². The minimum absolute atomic E-state index is 0.159. The molecule has 20 heavy (non-hydrogen) atoms. The molecule has 3 rings (SSSR count). The largest absolute Gasteiger partial charge is 0.271 e. The molecule has 1 heterocycles. The summed E-state index contributed by atoms with van der Waals surface area (Å²) >= 11 is 0. The van der Waals surface area contributed by atoms with Gasteiger partial charge in [0.05, 0.1) is 11.6 Å². The Balaban J connectivity index is 1.92. The fourth-order valence-electron chi connectivity index (χ4n) is 3.04. The fraction of sp³-hybridized carbons (Fsp3) is 0.353. The third-order valence-corrected chi connectivity index (χ3v) is 4.11. The van der Waals surface area contributed by atoms with E-state index in [4.69, 9.17) is 5.84 Å². The summed E-state index contributed by atoms with van der Waals surface area (Å²) < 4.78 is 0. The van der Waals surface area contributed by atoms with E-state index in [1.54, 1.807) is 0 Å². The number of fused-ring (bicyclic) bond motifs is 1. The highest BCUT2D eigenvalue weighted by molar-refractivity contribution is 5.82. The minimum Gasteiger partial charge on any atom is -0.271 e. The second-order valence-corrected chi connectivity index (χ2v) is 5.45. The smallest absolute Gasteiger partial charge is 0.0705 e. The Labute approximate surface area is 119 Å². The molecule has 0 saturated carbocycles. The number of aromatic nitrogens is 1. The highest BCUT2D eigenvalue weighted by Crippen LogP contribution is 2.30. The molecule has 3 nitrogen and oxygen atoms in total. The van der Waals surface area contributed by atoms with Gasteiger partial charge in [0, 0.05) is 11.6 Å². The van der Waals surface area contributed by atoms with Crippen molar-refractivity contribution in [2.24, 2.45) is 5.84 Å². The molecule has 1 aromatic carbocycles. The maximum absolute atomic E-state index is 5.82. The molecule has 0 saturated heterocycles. The van der Waals surface area contributed by atoms with Gasteiger partial charge in [-0.2, -0.15) is 0 Å². The van der Waals surface area contributed by atoms with Crippen molar-refractivity contribution in [2.45, 2.75) is 38.1 Å². The van der Waals surface area contributed by atoms with E-state index in [0.717, 1.165) is 11.9 Å². The molecule has 1 aromatic heterocycles. The molecule has 1 aliphatic rings. The molecule has 104 valence electrons. The Bertz CT molecular complexity index is 613. The zero-order chi connectivity index (χ0) is 13.8. The van der Waals surface area contributed by atoms with Gasteiger partial charge in [-0.25, -0.2) is 0 Å². The molecule has 0 aliphatic heterocycles. The molecule has 0 spiro atoms. The van der Waals surface area contributed by atoms with Crippen LogP contribution in [-0.4, -0.2) is 4.98 Å². The summed E-state index contributed by atoms with van der Waals surface area (Å²) in [6.07, 6.45) is 10.3. The van der Waals surface area contributed by atoms with Crippen molar-refractivity contribution < 1.29 is 0 Å². The number of rotatable bonds is 4. The average molecular weight is 267 g/mol. The molecule has 0 amide bonds. The van der Waals surface area contributed by atoms with Crippen LogP contribution in [-0.2, 0) is 0 Å². The lowest BCUT2D eigenvalue weighted by molar-refractivity contribution is 0.532. The average Bonchev–Trinajstić information content (AvgIpc) is 2.53. The van der Waals surface area contributed by atoms with E-state index >= 15 is 0 Å². The van der Waals surface area contributed by atoms with E-state index in [-0.39, 0.29) is 6.04 Å². The lowest BCUT2D eigenvalue weighted by Crippen LogP contribution is -2.28. The summed E-state index contributed by atoms with van der Waals surface area (Å²) in [6, 6.07) is 10.5. The molecule has 2 aromatic rings. The molecule has 1 atom stereocenters. The van der Waals surface area contributed by atoms with Crippen LogP contribution in [0.5, 0.6) is 0 Å². The van der Waals surface area contributed by atoms with Crippen LogP contribution in [0.2, 0.25) is 0 Å². The van der Waals surface area contributed by atoms with Crippen LogP contribution in [0.1, 0.15) is 43.7 Å². The first-order chi connectivity index (χ1) is 9.88. The molecule has 0 fully saturated rings. The van der Waals surface area contributed by atoms with Crippen LogP contribution < -0.4 is 11.3 Å². The van der Waals surface area contributed by atoms with E-state index in [0.29, 0.717) is 0 Å². The molecule has 1 unspecified atom stereocenters. The minimum atomic E-state index is 0.159. The number of nitrogens with one attached hydrogen (secondary N) is 1. The van der Waals surface area contributed by atoms with Gasteiger partial charge in [0.15, 0.2) is 0 Å².